The van der Waals surface area contributed by atoms with Crippen molar-refractivity contribution in [1.29, 1.82) is 0 Å². The molecule has 0 saturated carbocycles. The van der Waals surface area contributed by atoms with E-state index in [0.29, 0.717) is 41.8 Å². The Bertz CT molecular complexity index is 1240. The van der Waals surface area contributed by atoms with Gasteiger partial charge in [0.1, 0.15) is 11.5 Å². The van der Waals surface area contributed by atoms with Gasteiger partial charge >= 0.3 is 0 Å². The number of aryl methyl sites for hydroxylation is 1. The Morgan fingerprint density at radius 1 is 1.08 bits per heavy atom. The maximum atomic E-state index is 13.5. The van der Waals surface area contributed by atoms with Crippen LogP contribution in [0.1, 0.15) is 66.8 Å². The van der Waals surface area contributed by atoms with Gasteiger partial charge in [-0.25, -0.2) is 0 Å². The molecular weight excluding hydrogens is 462 g/mol. The van der Waals surface area contributed by atoms with E-state index in [9.17, 15) is 14.7 Å². The minimum atomic E-state index is -0.881. The maximum Gasteiger partial charge on any atom is 0.290 e. The zero-order chi connectivity index (χ0) is 25.7. The molecule has 1 aliphatic rings. The lowest BCUT2D eigenvalue weighted by molar-refractivity contribution is -0.130. The summed E-state index contributed by atoms with van der Waals surface area (Å²) >= 11 is 0. The lowest BCUT2D eigenvalue weighted by Crippen LogP contribution is -2.30. The number of ether oxygens (including phenoxy) is 2. The predicted molar refractivity (Wildman–Crippen MR) is 132 cm³/mol. The van der Waals surface area contributed by atoms with Gasteiger partial charge in [-0.05, 0) is 62.2 Å². The summed E-state index contributed by atoms with van der Waals surface area (Å²) in [4.78, 5) is 28.1. The van der Waals surface area contributed by atoms with Crippen LogP contribution in [0.3, 0.4) is 0 Å². The van der Waals surface area contributed by atoms with E-state index in [0.717, 1.165) is 19.3 Å². The highest BCUT2D eigenvalue weighted by Crippen LogP contribution is 2.42. The van der Waals surface area contributed by atoms with Gasteiger partial charge in [-0.15, -0.1) is 0 Å². The lowest BCUT2D eigenvalue weighted by Gasteiger charge is -2.26. The molecule has 8 heteroatoms. The number of hydrogen-bond acceptors (Lipinski definition) is 7. The number of nitrogens with zero attached hydrogens (tertiary/aromatic N) is 1. The lowest BCUT2D eigenvalue weighted by atomic mass is 9.94. The van der Waals surface area contributed by atoms with Crippen molar-refractivity contribution in [3.63, 3.8) is 0 Å². The van der Waals surface area contributed by atoms with E-state index in [1.165, 1.54) is 17.2 Å². The summed E-state index contributed by atoms with van der Waals surface area (Å²) in [5, 5.41) is 10.9. The van der Waals surface area contributed by atoms with Crippen LogP contribution in [0.5, 0.6) is 11.5 Å². The molecule has 3 heterocycles. The van der Waals surface area contributed by atoms with E-state index in [2.05, 4.69) is 6.92 Å². The number of Topliss-reactive ketones (excluding diaryl/α,β-unsaturated/α-hetero) is 1. The van der Waals surface area contributed by atoms with E-state index in [1.807, 2.05) is 6.92 Å². The number of unbranched alkanes of at least 4 members (excludes halogenated alkanes) is 2. The Morgan fingerprint density at radius 3 is 2.58 bits per heavy atom. The molecule has 1 aromatic carbocycles. The molecule has 190 valence electrons. The van der Waals surface area contributed by atoms with Gasteiger partial charge in [0.15, 0.2) is 23.0 Å². The molecule has 0 saturated heterocycles. The van der Waals surface area contributed by atoms with Crippen LogP contribution < -0.4 is 9.47 Å². The highest BCUT2D eigenvalue weighted by Gasteiger charge is 2.45. The number of hydrogen-bond donors (Lipinski definition) is 1. The average molecular weight is 494 g/mol. The summed E-state index contributed by atoms with van der Waals surface area (Å²) in [6.45, 7) is 6.75. The second kappa shape index (κ2) is 11.2. The largest absolute Gasteiger partial charge is 0.503 e. The van der Waals surface area contributed by atoms with Gasteiger partial charge in [0, 0.05) is 0 Å². The maximum absolute atomic E-state index is 13.5. The van der Waals surface area contributed by atoms with Gasteiger partial charge in [-0.2, -0.15) is 0 Å². The van der Waals surface area contributed by atoms with Crippen LogP contribution in [-0.4, -0.2) is 34.9 Å². The van der Waals surface area contributed by atoms with Crippen LogP contribution >= 0.6 is 0 Å². The number of ketones is 1. The van der Waals surface area contributed by atoms with Crippen molar-refractivity contribution < 1.29 is 33.0 Å². The van der Waals surface area contributed by atoms with Crippen LogP contribution in [-0.2, 0) is 11.3 Å². The topological polar surface area (TPSA) is 102 Å². The first kappa shape index (κ1) is 25.2. The van der Waals surface area contributed by atoms with Crippen LogP contribution in [0.25, 0.3) is 0 Å². The first-order chi connectivity index (χ1) is 17.4. The molecule has 8 nitrogen and oxygen atoms in total. The van der Waals surface area contributed by atoms with Gasteiger partial charge in [0.25, 0.3) is 5.91 Å². The molecule has 3 aromatic rings. The fourth-order valence-corrected chi connectivity index (χ4v) is 4.27. The molecule has 0 bridgehead atoms. The molecule has 4 rings (SSSR count). The third-order valence-corrected chi connectivity index (χ3v) is 6.01. The summed E-state index contributed by atoms with van der Waals surface area (Å²) in [5.41, 5.74) is 0.537. The van der Waals surface area contributed by atoms with Crippen molar-refractivity contribution in [3.05, 3.63) is 82.9 Å². The molecule has 1 aliphatic heterocycles. The molecule has 0 spiro atoms. The molecule has 0 aliphatic carbocycles. The van der Waals surface area contributed by atoms with E-state index >= 15 is 0 Å². The Balaban J connectivity index is 1.74. The Hall–Kier alpha value is -3.94. The van der Waals surface area contributed by atoms with Crippen LogP contribution in [0.15, 0.2) is 68.9 Å². The number of aliphatic hydroxyl groups is 1. The normalized spacial score (nSPS) is 15.6. The zero-order valence-electron chi connectivity index (χ0n) is 20.8. The van der Waals surface area contributed by atoms with Gasteiger partial charge in [-0.1, -0.05) is 25.8 Å². The van der Waals surface area contributed by atoms with Gasteiger partial charge in [0.2, 0.25) is 5.78 Å². The number of furan rings is 2. The molecule has 0 radical (unpaired) electrons. The number of rotatable bonds is 12. The molecule has 1 atom stereocenters. The number of carbonyl (C=O) groups excluding carboxylic acids is 2. The number of carbonyl (C=O) groups is 2. The van der Waals surface area contributed by atoms with Crippen LogP contribution in [0.4, 0.5) is 0 Å². The zero-order valence-corrected chi connectivity index (χ0v) is 20.8. The highest BCUT2D eigenvalue weighted by atomic mass is 16.5. The number of aliphatic hydroxyl groups excluding tert-OH is 1. The fraction of sp³-hybridized carbons (Fsp3) is 0.357. The number of amides is 1. The summed E-state index contributed by atoms with van der Waals surface area (Å²) in [6, 6.07) is 11.1. The molecule has 1 amide bonds. The third kappa shape index (κ3) is 5.17. The Kier molecular flexibility index (Phi) is 7.83. The molecule has 0 fully saturated rings. The first-order valence-electron chi connectivity index (χ1n) is 12.2. The summed E-state index contributed by atoms with van der Waals surface area (Å²) in [7, 11) is 0. The highest BCUT2D eigenvalue weighted by molar-refractivity contribution is 6.15. The monoisotopic (exact) mass is 493 g/mol. The van der Waals surface area contributed by atoms with Crippen molar-refractivity contribution in [2.75, 3.05) is 13.2 Å². The van der Waals surface area contributed by atoms with E-state index in [4.69, 9.17) is 18.3 Å². The quantitative estimate of drug-likeness (QED) is 0.246. The minimum absolute atomic E-state index is 0.0487. The summed E-state index contributed by atoms with van der Waals surface area (Å²) in [5.74, 6) is 0.375. The predicted octanol–water partition coefficient (Wildman–Crippen LogP) is 5.93. The van der Waals surface area contributed by atoms with Crippen molar-refractivity contribution >= 4 is 11.7 Å². The van der Waals surface area contributed by atoms with Crippen molar-refractivity contribution in [3.8, 4) is 11.5 Å². The van der Waals surface area contributed by atoms with Gasteiger partial charge < -0.3 is 28.3 Å². The van der Waals surface area contributed by atoms with Gasteiger partial charge in [-0.3, -0.25) is 9.59 Å². The van der Waals surface area contributed by atoms with Crippen molar-refractivity contribution in [2.24, 2.45) is 0 Å². The molecule has 1 N–H and O–H groups in total. The van der Waals surface area contributed by atoms with E-state index < -0.39 is 23.5 Å². The SMILES string of the molecule is CCCCCOc1ccc(C2C(C(=O)c3ccc(C)o3)=C(O)C(=O)N2Cc2ccco2)cc1OCC. The Morgan fingerprint density at radius 2 is 1.92 bits per heavy atom. The van der Waals surface area contributed by atoms with Crippen molar-refractivity contribution in [2.45, 2.75) is 52.6 Å². The van der Waals surface area contributed by atoms with Crippen molar-refractivity contribution in [1.82, 2.24) is 4.90 Å². The second-order valence-electron chi connectivity index (χ2n) is 8.61. The smallest absolute Gasteiger partial charge is 0.290 e. The summed E-state index contributed by atoms with van der Waals surface area (Å²) in [6.07, 6.45) is 4.59. The third-order valence-electron chi connectivity index (χ3n) is 6.01. The number of benzene rings is 1. The molecule has 1 unspecified atom stereocenters. The molecule has 2 aromatic heterocycles. The van der Waals surface area contributed by atoms with Gasteiger partial charge in [0.05, 0.1) is 37.6 Å². The Labute approximate surface area is 210 Å². The molecular formula is C28H31NO7. The van der Waals surface area contributed by atoms with E-state index in [-0.39, 0.29) is 17.9 Å². The molecule has 36 heavy (non-hydrogen) atoms. The standard InChI is InChI=1S/C28H31NO7/c1-4-6-7-14-35-21-13-11-19(16-23(21)33-5-2)25-24(26(30)22-12-10-18(3)36-22)27(31)28(32)29(25)17-20-9-8-15-34-20/h8-13,15-16,25,31H,4-7,14,17H2,1-3H3. The average Bonchev–Trinajstić information content (AvgIpc) is 3.60. The summed E-state index contributed by atoms with van der Waals surface area (Å²) < 4.78 is 22.8. The van der Waals surface area contributed by atoms with Crippen LogP contribution in [0.2, 0.25) is 0 Å². The minimum Gasteiger partial charge on any atom is -0.503 e. The van der Waals surface area contributed by atoms with Crippen LogP contribution in [0, 0.1) is 6.92 Å². The first-order valence-corrected chi connectivity index (χ1v) is 12.2. The van der Waals surface area contributed by atoms with E-state index in [1.54, 1.807) is 43.3 Å². The fourth-order valence-electron chi connectivity index (χ4n) is 4.27. The second-order valence-corrected chi connectivity index (χ2v) is 8.61.